The second-order valence-electron chi connectivity index (χ2n) is 4.60. The van der Waals surface area contributed by atoms with Crippen LogP contribution >= 0.6 is 27.3 Å². The minimum absolute atomic E-state index is 0.151. The summed E-state index contributed by atoms with van der Waals surface area (Å²) in [6.07, 6.45) is 0. The standard InChI is InChI=1S/C15H18BrNOS/c1-9-5-10(2)14(12(6-9)18-4)15(17-3)11-7-13(16)19-8-11/h5-8,15,17H,1-4H3. The van der Waals surface area contributed by atoms with Crippen molar-refractivity contribution in [2.24, 2.45) is 0 Å². The molecule has 0 aliphatic carbocycles. The van der Waals surface area contributed by atoms with Crippen molar-refractivity contribution in [3.63, 3.8) is 0 Å². The molecule has 0 saturated carbocycles. The third-order valence-electron chi connectivity index (χ3n) is 3.21. The van der Waals surface area contributed by atoms with Crippen molar-refractivity contribution in [1.82, 2.24) is 5.32 Å². The van der Waals surface area contributed by atoms with E-state index >= 15 is 0 Å². The topological polar surface area (TPSA) is 21.3 Å². The third kappa shape index (κ3) is 3.02. The number of benzene rings is 1. The fourth-order valence-corrected chi connectivity index (χ4v) is 3.63. The fourth-order valence-electron chi connectivity index (χ4n) is 2.43. The Morgan fingerprint density at radius 3 is 2.53 bits per heavy atom. The normalized spacial score (nSPS) is 12.5. The molecule has 4 heteroatoms. The van der Waals surface area contributed by atoms with Crippen LogP contribution in [0.15, 0.2) is 27.4 Å². The molecule has 0 radical (unpaired) electrons. The van der Waals surface area contributed by atoms with Gasteiger partial charge in [0, 0.05) is 5.56 Å². The maximum atomic E-state index is 5.57. The van der Waals surface area contributed by atoms with Gasteiger partial charge >= 0.3 is 0 Å². The molecule has 0 saturated heterocycles. The summed E-state index contributed by atoms with van der Waals surface area (Å²) in [4.78, 5) is 0. The Morgan fingerprint density at radius 2 is 2.00 bits per heavy atom. The molecule has 1 aromatic heterocycles. The van der Waals surface area contributed by atoms with Gasteiger partial charge in [-0.2, -0.15) is 0 Å². The number of ether oxygens (including phenoxy) is 1. The van der Waals surface area contributed by atoms with Gasteiger partial charge in [-0.05, 0) is 71.0 Å². The van der Waals surface area contributed by atoms with E-state index in [-0.39, 0.29) is 6.04 Å². The predicted octanol–water partition coefficient (Wildman–Crippen LogP) is 4.44. The highest BCUT2D eigenvalue weighted by Gasteiger charge is 2.20. The van der Waals surface area contributed by atoms with Crippen LogP contribution in [-0.2, 0) is 0 Å². The van der Waals surface area contributed by atoms with Crippen molar-refractivity contribution >= 4 is 27.3 Å². The lowest BCUT2D eigenvalue weighted by Crippen LogP contribution is -2.19. The van der Waals surface area contributed by atoms with E-state index in [1.807, 2.05) is 7.05 Å². The van der Waals surface area contributed by atoms with Gasteiger partial charge in [0.1, 0.15) is 5.75 Å². The molecule has 1 heterocycles. The molecule has 2 aromatic rings. The Hall–Kier alpha value is -0.840. The third-order valence-corrected chi connectivity index (χ3v) is 4.73. The van der Waals surface area contributed by atoms with Gasteiger partial charge in [0.05, 0.1) is 16.9 Å². The first-order chi connectivity index (χ1) is 9.06. The van der Waals surface area contributed by atoms with Crippen molar-refractivity contribution in [2.75, 3.05) is 14.2 Å². The van der Waals surface area contributed by atoms with Crippen LogP contribution in [0.25, 0.3) is 0 Å². The molecule has 102 valence electrons. The first-order valence-electron chi connectivity index (χ1n) is 6.13. The number of halogens is 1. The number of nitrogens with one attached hydrogen (secondary N) is 1. The van der Waals surface area contributed by atoms with Gasteiger partial charge in [0.2, 0.25) is 0 Å². The smallest absolute Gasteiger partial charge is 0.124 e. The molecule has 0 aliphatic rings. The van der Waals surface area contributed by atoms with E-state index < -0.39 is 0 Å². The summed E-state index contributed by atoms with van der Waals surface area (Å²) in [5.74, 6) is 0.944. The fraction of sp³-hybridized carbons (Fsp3) is 0.333. The minimum atomic E-state index is 0.151. The van der Waals surface area contributed by atoms with E-state index in [0.29, 0.717) is 0 Å². The van der Waals surface area contributed by atoms with Crippen LogP contribution in [0.1, 0.15) is 28.3 Å². The van der Waals surface area contributed by atoms with E-state index in [1.54, 1.807) is 18.4 Å². The molecular weight excluding hydrogens is 322 g/mol. The second kappa shape index (κ2) is 6.07. The van der Waals surface area contributed by atoms with Crippen LogP contribution in [0.3, 0.4) is 0 Å². The van der Waals surface area contributed by atoms with E-state index in [1.165, 1.54) is 22.3 Å². The maximum absolute atomic E-state index is 5.57. The quantitative estimate of drug-likeness (QED) is 0.888. The highest BCUT2D eigenvalue weighted by molar-refractivity contribution is 9.11. The van der Waals surface area contributed by atoms with Gasteiger partial charge in [-0.25, -0.2) is 0 Å². The molecule has 1 atom stereocenters. The summed E-state index contributed by atoms with van der Waals surface area (Å²) in [5.41, 5.74) is 4.93. The lowest BCUT2D eigenvalue weighted by Gasteiger charge is -2.21. The molecule has 1 aromatic carbocycles. The molecule has 2 rings (SSSR count). The van der Waals surface area contributed by atoms with Crippen molar-refractivity contribution in [3.8, 4) is 5.75 Å². The van der Waals surface area contributed by atoms with Gasteiger partial charge in [-0.1, -0.05) is 6.07 Å². The number of aryl methyl sites for hydroxylation is 2. The molecular formula is C15H18BrNOS. The molecule has 2 nitrogen and oxygen atoms in total. The van der Waals surface area contributed by atoms with Crippen LogP contribution < -0.4 is 10.1 Å². The van der Waals surface area contributed by atoms with Crippen LogP contribution in [-0.4, -0.2) is 14.2 Å². The Bertz CT molecular complexity index is 580. The number of hydrogen-bond acceptors (Lipinski definition) is 3. The molecule has 0 fully saturated rings. The lowest BCUT2D eigenvalue weighted by atomic mass is 9.94. The molecule has 0 aliphatic heterocycles. The van der Waals surface area contributed by atoms with Crippen molar-refractivity contribution < 1.29 is 4.74 Å². The monoisotopic (exact) mass is 339 g/mol. The Balaban J connectivity index is 2.55. The van der Waals surface area contributed by atoms with Crippen LogP contribution in [0.5, 0.6) is 5.75 Å². The average Bonchev–Trinajstić information content (AvgIpc) is 2.78. The van der Waals surface area contributed by atoms with Crippen LogP contribution in [0.4, 0.5) is 0 Å². The number of hydrogen-bond donors (Lipinski definition) is 1. The first-order valence-corrected chi connectivity index (χ1v) is 7.80. The highest BCUT2D eigenvalue weighted by Crippen LogP contribution is 2.36. The van der Waals surface area contributed by atoms with E-state index in [4.69, 9.17) is 4.74 Å². The molecule has 0 amide bonds. The number of methoxy groups -OCH3 is 1. The zero-order valence-electron chi connectivity index (χ0n) is 11.6. The van der Waals surface area contributed by atoms with Crippen LogP contribution in [0.2, 0.25) is 0 Å². The van der Waals surface area contributed by atoms with Crippen molar-refractivity contribution in [1.29, 1.82) is 0 Å². The largest absolute Gasteiger partial charge is 0.496 e. The second-order valence-corrected chi connectivity index (χ2v) is 6.89. The number of thiophene rings is 1. The summed E-state index contributed by atoms with van der Waals surface area (Å²) < 4.78 is 6.71. The molecule has 1 N–H and O–H groups in total. The Morgan fingerprint density at radius 1 is 1.26 bits per heavy atom. The summed E-state index contributed by atoms with van der Waals surface area (Å²) in [6.45, 7) is 4.23. The van der Waals surface area contributed by atoms with Gasteiger partial charge in [0.15, 0.2) is 0 Å². The zero-order valence-corrected chi connectivity index (χ0v) is 14.0. The van der Waals surface area contributed by atoms with Crippen molar-refractivity contribution in [3.05, 3.63) is 49.6 Å². The van der Waals surface area contributed by atoms with Gasteiger partial charge < -0.3 is 10.1 Å². The lowest BCUT2D eigenvalue weighted by molar-refractivity contribution is 0.404. The van der Waals surface area contributed by atoms with Crippen molar-refractivity contribution in [2.45, 2.75) is 19.9 Å². The molecule has 0 bridgehead atoms. The molecule has 19 heavy (non-hydrogen) atoms. The Labute approximate surface area is 126 Å². The molecule has 0 spiro atoms. The summed E-state index contributed by atoms with van der Waals surface area (Å²) in [5, 5.41) is 5.56. The Kier molecular flexibility index (Phi) is 4.66. The van der Waals surface area contributed by atoms with Crippen LogP contribution in [0, 0.1) is 13.8 Å². The van der Waals surface area contributed by atoms with Gasteiger partial charge in [0.25, 0.3) is 0 Å². The predicted molar refractivity (Wildman–Crippen MR) is 85.4 cm³/mol. The van der Waals surface area contributed by atoms with E-state index in [2.05, 4.69) is 58.7 Å². The van der Waals surface area contributed by atoms with Gasteiger partial charge in [-0.3, -0.25) is 0 Å². The first kappa shape index (κ1) is 14.6. The summed E-state index contributed by atoms with van der Waals surface area (Å²) in [7, 11) is 3.71. The average molecular weight is 340 g/mol. The minimum Gasteiger partial charge on any atom is -0.496 e. The van der Waals surface area contributed by atoms with E-state index in [0.717, 1.165) is 9.54 Å². The maximum Gasteiger partial charge on any atom is 0.124 e. The summed E-state index contributed by atoms with van der Waals surface area (Å²) >= 11 is 5.23. The zero-order chi connectivity index (χ0) is 14.0. The number of rotatable bonds is 4. The highest BCUT2D eigenvalue weighted by atomic mass is 79.9. The van der Waals surface area contributed by atoms with Gasteiger partial charge in [-0.15, -0.1) is 11.3 Å². The van der Waals surface area contributed by atoms with E-state index in [9.17, 15) is 0 Å². The summed E-state index contributed by atoms with van der Waals surface area (Å²) in [6, 6.07) is 6.60. The SMILES string of the molecule is CNC(c1csc(Br)c1)c1c(C)cc(C)cc1OC. The molecule has 1 unspecified atom stereocenters.